The molecule has 10 nitrogen and oxygen atoms in total. The van der Waals surface area contributed by atoms with Crippen LogP contribution < -0.4 is 16.0 Å². The fourth-order valence-electron chi connectivity index (χ4n) is 5.21. The maximum atomic E-state index is 13.0. The molecule has 4 N–H and O–H groups in total. The predicted molar refractivity (Wildman–Crippen MR) is 152 cm³/mol. The summed E-state index contributed by atoms with van der Waals surface area (Å²) in [4.78, 5) is 34.2. The van der Waals surface area contributed by atoms with Crippen LogP contribution in [0.3, 0.4) is 0 Å². The Labute approximate surface area is 227 Å². The van der Waals surface area contributed by atoms with Crippen molar-refractivity contribution in [3.05, 3.63) is 66.2 Å². The first kappa shape index (κ1) is 25.4. The SMILES string of the molecule is CC1(N)CCN(Cc2ccnc(C(=O)Nc3ccc(-c4cc5c(N6CCOCC6)ncnc5[nH]4)cc3)c2)CC1. The lowest BCUT2D eigenvalue weighted by Crippen LogP contribution is -2.47. The molecule has 3 aromatic heterocycles. The number of piperidine rings is 1. The molecule has 2 saturated heterocycles. The number of carbonyl (C=O) groups excluding carboxylic acids is 1. The molecule has 5 heterocycles. The quantitative estimate of drug-likeness (QED) is 0.349. The lowest BCUT2D eigenvalue weighted by Gasteiger charge is -2.36. The lowest BCUT2D eigenvalue weighted by atomic mass is 9.91. The highest BCUT2D eigenvalue weighted by Gasteiger charge is 2.26. The summed E-state index contributed by atoms with van der Waals surface area (Å²) in [5.41, 5.74) is 11.1. The van der Waals surface area contributed by atoms with Crippen molar-refractivity contribution in [1.82, 2.24) is 24.8 Å². The number of hydrogen-bond acceptors (Lipinski definition) is 8. The van der Waals surface area contributed by atoms with Gasteiger partial charge in [-0.3, -0.25) is 14.7 Å². The number of rotatable bonds is 6. The van der Waals surface area contributed by atoms with Gasteiger partial charge < -0.3 is 25.7 Å². The number of pyridine rings is 1. The zero-order chi connectivity index (χ0) is 26.8. The van der Waals surface area contributed by atoms with Gasteiger partial charge in [0.15, 0.2) is 0 Å². The summed E-state index contributed by atoms with van der Waals surface area (Å²) in [6.07, 6.45) is 5.25. The van der Waals surface area contributed by atoms with Crippen LogP contribution in [0.1, 0.15) is 35.8 Å². The topological polar surface area (TPSA) is 125 Å². The van der Waals surface area contributed by atoms with Crippen LogP contribution >= 0.6 is 0 Å². The highest BCUT2D eigenvalue weighted by atomic mass is 16.5. The van der Waals surface area contributed by atoms with Gasteiger partial charge in [-0.25, -0.2) is 9.97 Å². The van der Waals surface area contributed by atoms with Gasteiger partial charge in [0.1, 0.15) is 23.5 Å². The molecular formula is C29H34N8O2. The van der Waals surface area contributed by atoms with E-state index in [4.69, 9.17) is 10.5 Å². The number of amides is 1. The van der Waals surface area contributed by atoms with E-state index in [1.54, 1.807) is 12.5 Å². The second-order valence-electron chi connectivity index (χ2n) is 10.8. The average Bonchev–Trinajstić information content (AvgIpc) is 3.40. The van der Waals surface area contributed by atoms with Crippen LogP contribution in [0.2, 0.25) is 0 Å². The summed E-state index contributed by atoms with van der Waals surface area (Å²) >= 11 is 0. The summed E-state index contributed by atoms with van der Waals surface area (Å²) in [7, 11) is 0. The van der Waals surface area contributed by atoms with Crippen LogP contribution in [-0.4, -0.2) is 75.7 Å². The Balaban J connectivity index is 1.12. The fraction of sp³-hybridized carbons (Fsp3) is 0.379. The van der Waals surface area contributed by atoms with Gasteiger partial charge in [-0.1, -0.05) is 12.1 Å². The number of nitrogens with zero attached hydrogens (tertiary/aromatic N) is 5. The summed E-state index contributed by atoms with van der Waals surface area (Å²) in [5.74, 6) is 0.691. The zero-order valence-corrected chi connectivity index (χ0v) is 22.2. The van der Waals surface area contributed by atoms with Crippen molar-refractivity contribution < 1.29 is 9.53 Å². The number of nitrogens with two attached hydrogens (primary N) is 1. The number of nitrogens with one attached hydrogen (secondary N) is 2. The molecule has 1 aromatic carbocycles. The van der Waals surface area contributed by atoms with Gasteiger partial charge in [0.05, 0.1) is 18.6 Å². The molecule has 0 saturated carbocycles. The molecule has 4 aromatic rings. The van der Waals surface area contributed by atoms with Gasteiger partial charge in [0, 0.05) is 55.8 Å². The number of fused-ring (bicyclic) bond motifs is 1. The minimum Gasteiger partial charge on any atom is -0.378 e. The number of likely N-dealkylation sites (tertiary alicyclic amines) is 1. The van der Waals surface area contributed by atoms with Crippen molar-refractivity contribution in [3.8, 4) is 11.3 Å². The Kier molecular flexibility index (Phi) is 6.99. The fourth-order valence-corrected chi connectivity index (χ4v) is 5.21. The summed E-state index contributed by atoms with van der Waals surface area (Å²) in [6.45, 7) is 7.83. The number of aromatic amines is 1. The monoisotopic (exact) mass is 526 g/mol. The van der Waals surface area contributed by atoms with Crippen molar-refractivity contribution in [2.45, 2.75) is 31.8 Å². The number of ether oxygens (including phenoxy) is 1. The smallest absolute Gasteiger partial charge is 0.274 e. The number of benzene rings is 1. The zero-order valence-electron chi connectivity index (χ0n) is 22.2. The number of carbonyl (C=O) groups is 1. The molecule has 0 unspecified atom stereocenters. The van der Waals surface area contributed by atoms with E-state index in [1.807, 2.05) is 36.4 Å². The van der Waals surface area contributed by atoms with Crippen molar-refractivity contribution in [2.24, 2.45) is 5.73 Å². The van der Waals surface area contributed by atoms with Gasteiger partial charge in [0.2, 0.25) is 0 Å². The Morgan fingerprint density at radius 2 is 1.82 bits per heavy atom. The van der Waals surface area contributed by atoms with E-state index in [1.165, 1.54) is 0 Å². The van der Waals surface area contributed by atoms with E-state index in [-0.39, 0.29) is 11.4 Å². The molecule has 0 atom stereocenters. The van der Waals surface area contributed by atoms with E-state index in [0.29, 0.717) is 24.6 Å². The average molecular weight is 527 g/mol. The Bertz CT molecular complexity index is 1450. The molecule has 6 rings (SSSR count). The molecule has 0 bridgehead atoms. The normalized spacial score (nSPS) is 17.8. The molecule has 39 heavy (non-hydrogen) atoms. The highest BCUT2D eigenvalue weighted by Crippen LogP contribution is 2.30. The lowest BCUT2D eigenvalue weighted by molar-refractivity contribution is 0.102. The van der Waals surface area contributed by atoms with Gasteiger partial charge in [-0.05, 0) is 61.2 Å². The third-order valence-electron chi connectivity index (χ3n) is 7.63. The van der Waals surface area contributed by atoms with E-state index in [9.17, 15) is 4.79 Å². The number of morpholine rings is 1. The van der Waals surface area contributed by atoms with Crippen LogP contribution in [0.25, 0.3) is 22.3 Å². The van der Waals surface area contributed by atoms with Crippen LogP contribution in [0.4, 0.5) is 11.5 Å². The van der Waals surface area contributed by atoms with Gasteiger partial charge in [0.25, 0.3) is 5.91 Å². The molecular weight excluding hydrogens is 492 g/mol. The summed E-state index contributed by atoms with van der Waals surface area (Å²) < 4.78 is 5.49. The molecule has 0 radical (unpaired) electrons. The molecule has 0 spiro atoms. The number of anilines is 2. The molecule has 202 valence electrons. The largest absolute Gasteiger partial charge is 0.378 e. The van der Waals surface area contributed by atoms with Crippen molar-refractivity contribution in [3.63, 3.8) is 0 Å². The third kappa shape index (κ3) is 5.78. The van der Waals surface area contributed by atoms with E-state index >= 15 is 0 Å². The van der Waals surface area contributed by atoms with Crippen LogP contribution in [0.5, 0.6) is 0 Å². The minimum absolute atomic E-state index is 0.0797. The summed E-state index contributed by atoms with van der Waals surface area (Å²) in [6, 6.07) is 13.7. The molecule has 2 fully saturated rings. The Hall–Kier alpha value is -3.86. The maximum Gasteiger partial charge on any atom is 0.274 e. The van der Waals surface area contributed by atoms with Crippen molar-refractivity contribution >= 4 is 28.4 Å². The van der Waals surface area contributed by atoms with Crippen LogP contribution in [0, 0.1) is 0 Å². The van der Waals surface area contributed by atoms with Gasteiger partial charge in [-0.2, -0.15) is 0 Å². The first-order valence-electron chi connectivity index (χ1n) is 13.5. The van der Waals surface area contributed by atoms with Crippen LogP contribution in [-0.2, 0) is 11.3 Å². The maximum absolute atomic E-state index is 13.0. The van der Waals surface area contributed by atoms with E-state index < -0.39 is 0 Å². The Morgan fingerprint density at radius 3 is 2.59 bits per heavy atom. The van der Waals surface area contributed by atoms with Crippen molar-refractivity contribution in [1.29, 1.82) is 0 Å². The number of H-pyrrole nitrogens is 1. The van der Waals surface area contributed by atoms with Crippen LogP contribution in [0.15, 0.2) is 55.0 Å². The number of aromatic nitrogens is 4. The van der Waals surface area contributed by atoms with Gasteiger partial charge >= 0.3 is 0 Å². The van der Waals surface area contributed by atoms with E-state index in [2.05, 4.69) is 48.0 Å². The second kappa shape index (κ2) is 10.7. The molecule has 2 aliphatic rings. The third-order valence-corrected chi connectivity index (χ3v) is 7.63. The van der Waals surface area contributed by atoms with E-state index in [0.717, 1.165) is 79.2 Å². The first-order chi connectivity index (χ1) is 18.9. The van der Waals surface area contributed by atoms with Crippen molar-refractivity contribution in [2.75, 3.05) is 49.6 Å². The predicted octanol–water partition coefficient (Wildman–Crippen LogP) is 3.42. The Morgan fingerprint density at radius 1 is 1.05 bits per heavy atom. The second-order valence-corrected chi connectivity index (χ2v) is 10.8. The standard InChI is InChI=1S/C29H34N8O2/c1-29(30)7-10-36(11-8-29)18-20-6-9-31-25(16-20)28(38)34-22-4-2-21(3-5-22)24-17-23-26(35-24)32-19-33-27(23)37-12-14-39-15-13-37/h2-6,9,16-17,19H,7-8,10-15,18,30H2,1H3,(H,34,38)(H,32,33,35). The first-order valence-corrected chi connectivity index (χ1v) is 13.5. The highest BCUT2D eigenvalue weighted by molar-refractivity contribution is 6.03. The molecule has 1 amide bonds. The van der Waals surface area contributed by atoms with Gasteiger partial charge in [-0.15, -0.1) is 0 Å². The number of hydrogen-bond donors (Lipinski definition) is 3. The molecule has 0 aliphatic carbocycles. The molecule has 2 aliphatic heterocycles. The molecule has 10 heteroatoms. The summed E-state index contributed by atoms with van der Waals surface area (Å²) in [5, 5.41) is 3.96. The minimum atomic E-state index is -0.228.